The van der Waals surface area contributed by atoms with E-state index in [1.54, 1.807) is 0 Å². The number of halogens is 3. The molecule has 2 aromatic heterocycles. The molecule has 172 valence electrons. The first-order valence-corrected chi connectivity index (χ1v) is 9.33. The maximum atomic E-state index is 12.7. The summed E-state index contributed by atoms with van der Waals surface area (Å²) in [6, 6.07) is 7.86. The van der Waals surface area contributed by atoms with Crippen LogP contribution in [-0.4, -0.2) is 46.3 Å². The van der Waals surface area contributed by atoms with Crippen molar-refractivity contribution < 1.29 is 37.0 Å². The van der Waals surface area contributed by atoms with E-state index in [-0.39, 0.29) is 17.1 Å². The van der Waals surface area contributed by atoms with Crippen molar-refractivity contribution in [1.82, 2.24) is 14.8 Å². The number of ether oxygens (including phenoxy) is 2. The van der Waals surface area contributed by atoms with Crippen molar-refractivity contribution in [1.29, 1.82) is 0 Å². The van der Waals surface area contributed by atoms with Crippen LogP contribution in [-0.2, 0) is 20.4 Å². The van der Waals surface area contributed by atoms with Crippen molar-refractivity contribution in [2.24, 2.45) is 0 Å². The average Bonchev–Trinajstić information content (AvgIpc) is 3.18. The predicted octanol–water partition coefficient (Wildman–Crippen LogP) is 3.18. The highest BCUT2D eigenvalue weighted by Gasteiger charge is 2.31. The Bertz CT molecular complexity index is 1170. The number of rotatable bonds is 6. The van der Waals surface area contributed by atoms with Gasteiger partial charge in [0.05, 0.1) is 30.1 Å². The zero-order valence-corrected chi connectivity index (χ0v) is 17.3. The molecule has 2 heterocycles. The van der Waals surface area contributed by atoms with Gasteiger partial charge >= 0.3 is 18.1 Å². The zero-order valence-electron chi connectivity index (χ0n) is 17.3. The molecular formula is C21H17F3N4O5. The molecule has 0 spiro atoms. The van der Waals surface area contributed by atoms with Crippen molar-refractivity contribution >= 4 is 23.5 Å². The zero-order chi connectivity index (χ0) is 24.2. The molecule has 0 aliphatic heterocycles. The predicted molar refractivity (Wildman–Crippen MR) is 108 cm³/mol. The quantitative estimate of drug-likeness (QED) is 0.560. The van der Waals surface area contributed by atoms with E-state index in [9.17, 15) is 27.6 Å². The van der Waals surface area contributed by atoms with Gasteiger partial charge < -0.3 is 14.8 Å². The Hall–Kier alpha value is -4.22. The van der Waals surface area contributed by atoms with Crippen LogP contribution >= 0.6 is 0 Å². The van der Waals surface area contributed by atoms with E-state index in [1.807, 2.05) is 0 Å². The van der Waals surface area contributed by atoms with E-state index in [1.165, 1.54) is 49.2 Å². The Labute approximate surface area is 185 Å². The summed E-state index contributed by atoms with van der Waals surface area (Å²) in [6.45, 7) is 0.909. The van der Waals surface area contributed by atoms with Crippen LogP contribution < -0.4 is 5.32 Å². The van der Waals surface area contributed by atoms with Gasteiger partial charge in [0.25, 0.3) is 5.91 Å². The minimum absolute atomic E-state index is 0.0203. The molecule has 1 aromatic carbocycles. The van der Waals surface area contributed by atoms with Gasteiger partial charge in [-0.15, -0.1) is 0 Å². The summed E-state index contributed by atoms with van der Waals surface area (Å²) >= 11 is 0. The van der Waals surface area contributed by atoms with Gasteiger partial charge in [-0.25, -0.2) is 19.3 Å². The van der Waals surface area contributed by atoms with Gasteiger partial charge in [-0.2, -0.15) is 18.3 Å². The summed E-state index contributed by atoms with van der Waals surface area (Å²) in [7, 11) is 1.25. The lowest BCUT2D eigenvalue weighted by Gasteiger charge is -2.09. The van der Waals surface area contributed by atoms with Gasteiger partial charge in [0.2, 0.25) is 0 Å². The van der Waals surface area contributed by atoms with Crippen LogP contribution in [0.25, 0.3) is 5.82 Å². The molecule has 3 rings (SSSR count). The first-order valence-electron chi connectivity index (χ1n) is 9.33. The molecule has 0 unspecified atom stereocenters. The molecule has 0 radical (unpaired) electrons. The number of carbonyl (C=O) groups is 3. The minimum atomic E-state index is -4.52. The number of carbonyl (C=O) groups excluding carboxylic acids is 3. The summed E-state index contributed by atoms with van der Waals surface area (Å²) < 4.78 is 48.8. The number of alkyl halides is 3. The number of nitrogens with one attached hydrogen (secondary N) is 1. The second-order valence-electron chi connectivity index (χ2n) is 6.65. The van der Waals surface area contributed by atoms with Gasteiger partial charge in [-0.3, -0.25) is 4.79 Å². The third-order valence-electron chi connectivity index (χ3n) is 4.45. The fourth-order valence-corrected chi connectivity index (χ4v) is 2.73. The Morgan fingerprint density at radius 2 is 1.73 bits per heavy atom. The van der Waals surface area contributed by atoms with Crippen LogP contribution in [0.4, 0.5) is 18.9 Å². The average molecular weight is 462 g/mol. The normalized spacial score (nSPS) is 11.1. The largest absolute Gasteiger partial charge is 0.465 e. The molecule has 33 heavy (non-hydrogen) atoms. The summed E-state index contributed by atoms with van der Waals surface area (Å²) in [6.07, 6.45) is -2.69. The van der Waals surface area contributed by atoms with Crippen LogP contribution in [0.5, 0.6) is 0 Å². The number of esters is 2. The molecule has 9 nitrogen and oxygen atoms in total. The molecule has 12 heteroatoms. The van der Waals surface area contributed by atoms with Crippen molar-refractivity contribution in [3.8, 4) is 5.82 Å². The van der Waals surface area contributed by atoms with Crippen LogP contribution in [0.15, 0.2) is 48.8 Å². The Kier molecular flexibility index (Phi) is 6.75. The van der Waals surface area contributed by atoms with Gasteiger partial charge in [0.15, 0.2) is 12.4 Å². The molecule has 0 bridgehead atoms. The number of anilines is 1. The van der Waals surface area contributed by atoms with Gasteiger partial charge in [-0.05, 0) is 43.3 Å². The third-order valence-corrected chi connectivity index (χ3v) is 4.45. The SMILES string of the molecule is COC(=O)c1ccc(NC(=O)COC(=O)c2cnn(-c3ccc(C(F)(F)F)cn3)c2C)cc1. The first kappa shape index (κ1) is 23.4. The van der Waals surface area contributed by atoms with Crippen LogP contribution in [0.2, 0.25) is 0 Å². The molecule has 1 amide bonds. The highest BCUT2D eigenvalue weighted by atomic mass is 19.4. The number of pyridine rings is 1. The lowest BCUT2D eigenvalue weighted by molar-refractivity contribution is -0.137. The first-order chi connectivity index (χ1) is 15.6. The van der Waals surface area contributed by atoms with E-state index < -0.39 is 36.2 Å². The monoisotopic (exact) mass is 462 g/mol. The highest BCUT2D eigenvalue weighted by Crippen LogP contribution is 2.28. The van der Waals surface area contributed by atoms with Crippen molar-refractivity contribution in [3.63, 3.8) is 0 Å². The van der Waals surface area contributed by atoms with E-state index in [0.717, 1.165) is 12.1 Å². The molecule has 1 N–H and O–H groups in total. The Morgan fingerprint density at radius 3 is 2.30 bits per heavy atom. The molecule has 0 fully saturated rings. The van der Waals surface area contributed by atoms with Crippen LogP contribution in [0.3, 0.4) is 0 Å². The summed E-state index contributed by atoms with van der Waals surface area (Å²) in [4.78, 5) is 39.5. The van der Waals surface area contributed by atoms with Crippen molar-refractivity contribution in [3.05, 3.63) is 71.2 Å². The van der Waals surface area contributed by atoms with Gasteiger partial charge in [-0.1, -0.05) is 0 Å². The van der Waals surface area contributed by atoms with E-state index in [0.29, 0.717) is 17.4 Å². The summed E-state index contributed by atoms with van der Waals surface area (Å²) in [5.74, 6) is -1.91. The molecule has 0 saturated carbocycles. The lowest BCUT2D eigenvalue weighted by atomic mass is 10.2. The molecule has 0 atom stereocenters. The molecular weight excluding hydrogens is 445 g/mol. The smallest absolute Gasteiger partial charge is 0.417 e. The molecule has 0 aliphatic rings. The number of hydrogen-bond donors (Lipinski definition) is 1. The van der Waals surface area contributed by atoms with Gasteiger partial charge in [0.1, 0.15) is 5.56 Å². The molecule has 3 aromatic rings. The Morgan fingerprint density at radius 1 is 1.03 bits per heavy atom. The minimum Gasteiger partial charge on any atom is -0.465 e. The number of aromatic nitrogens is 3. The third kappa shape index (κ3) is 5.53. The second kappa shape index (κ2) is 9.51. The lowest BCUT2D eigenvalue weighted by Crippen LogP contribution is -2.21. The fourth-order valence-electron chi connectivity index (χ4n) is 2.73. The second-order valence-corrected chi connectivity index (χ2v) is 6.65. The number of amides is 1. The van der Waals surface area contributed by atoms with E-state index in [2.05, 4.69) is 20.1 Å². The number of methoxy groups -OCH3 is 1. The summed E-state index contributed by atoms with van der Waals surface area (Å²) in [5, 5.41) is 6.46. The van der Waals surface area contributed by atoms with Crippen LogP contribution in [0, 0.1) is 6.92 Å². The van der Waals surface area contributed by atoms with E-state index >= 15 is 0 Å². The number of nitrogens with zero attached hydrogens (tertiary/aromatic N) is 3. The fraction of sp³-hybridized carbons (Fsp3) is 0.190. The summed E-state index contributed by atoms with van der Waals surface area (Å²) in [5.41, 5.74) is 0.0534. The molecule has 0 aliphatic carbocycles. The topological polar surface area (TPSA) is 112 Å². The highest BCUT2D eigenvalue weighted by molar-refractivity contribution is 5.96. The standard InChI is InChI=1S/C21H17F3N4O5/c1-12-16(10-26-28(12)17-8-5-14(9-25-17)21(22,23)24)20(31)33-11-18(29)27-15-6-3-13(4-7-15)19(30)32-2/h3-10H,11H2,1-2H3,(H,27,29). The number of hydrogen-bond acceptors (Lipinski definition) is 7. The van der Waals surface area contributed by atoms with Crippen molar-refractivity contribution in [2.75, 3.05) is 19.0 Å². The Balaban J connectivity index is 1.60. The maximum Gasteiger partial charge on any atom is 0.417 e. The van der Waals surface area contributed by atoms with E-state index in [4.69, 9.17) is 4.74 Å². The van der Waals surface area contributed by atoms with Crippen molar-refractivity contribution in [2.45, 2.75) is 13.1 Å². The maximum absolute atomic E-state index is 12.7. The molecule has 0 saturated heterocycles. The van der Waals surface area contributed by atoms with Gasteiger partial charge in [0, 0.05) is 11.9 Å². The number of benzene rings is 1. The van der Waals surface area contributed by atoms with Crippen LogP contribution in [0.1, 0.15) is 32.0 Å².